The van der Waals surface area contributed by atoms with E-state index in [2.05, 4.69) is 10.6 Å². The number of nitrogens with one attached hydrogen (secondary N) is 2. The quantitative estimate of drug-likeness (QED) is 0.0844. The van der Waals surface area contributed by atoms with Crippen molar-refractivity contribution >= 4 is 32.9 Å². The van der Waals surface area contributed by atoms with Crippen LogP contribution in [0.15, 0.2) is 72.8 Å². The standard InChI is InChI=1S/C32H32N2O6/c1-17(13-19-15-21(35)7-11-27(19)37)33-25-9-10-26(34-18(2)14-20-16-22(36)8-12-28(20)38)30-29(25)31(39)23-5-3-4-6-24(23)32(30)40/h3-12,15-18,33-40H,13-14H2,1-2H3. The fraction of sp³-hybridized carbons (Fsp3) is 0.188. The van der Waals surface area contributed by atoms with Crippen molar-refractivity contribution in [3.63, 3.8) is 0 Å². The van der Waals surface area contributed by atoms with Gasteiger partial charge in [-0.1, -0.05) is 24.3 Å². The Balaban J connectivity index is 1.55. The zero-order chi connectivity index (χ0) is 28.6. The Morgan fingerprint density at radius 3 is 1.35 bits per heavy atom. The first-order valence-electron chi connectivity index (χ1n) is 13.1. The van der Waals surface area contributed by atoms with Crippen LogP contribution >= 0.6 is 0 Å². The first-order valence-corrected chi connectivity index (χ1v) is 13.1. The molecule has 8 nitrogen and oxygen atoms in total. The summed E-state index contributed by atoms with van der Waals surface area (Å²) < 4.78 is 0. The van der Waals surface area contributed by atoms with E-state index in [0.717, 1.165) is 0 Å². The summed E-state index contributed by atoms with van der Waals surface area (Å²) in [6.07, 6.45) is 0.791. The third kappa shape index (κ3) is 5.16. The van der Waals surface area contributed by atoms with Crippen molar-refractivity contribution in [1.82, 2.24) is 0 Å². The van der Waals surface area contributed by atoms with E-state index in [1.807, 2.05) is 26.0 Å². The molecular weight excluding hydrogens is 508 g/mol. The number of fused-ring (bicyclic) bond motifs is 2. The van der Waals surface area contributed by atoms with E-state index < -0.39 is 0 Å². The largest absolute Gasteiger partial charge is 0.508 e. The maximum atomic E-state index is 11.4. The third-order valence-corrected chi connectivity index (χ3v) is 7.10. The van der Waals surface area contributed by atoms with Crippen LogP contribution in [0.5, 0.6) is 34.5 Å². The second kappa shape index (κ2) is 10.6. The van der Waals surface area contributed by atoms with E-state index >= 15 is 0 Å². The smallest absolute Gasteiger partial charge is 0.133 e. The van der Waals surface area contributed by atoms with E-state index in [1.165, 1.54) is 36.4 Å². The maximum absolute atomic E-state index is 11.4. The van der Waals surface area contributed by atoms with Gasteiger partial charge in [0.15, 0.2) is 0 Å². The van der Waals surface area contributed by atoms with Crippen LogP contribution in [0, 0.1) is 0 Å². The molecule has 5 aromatic rings. The lowest BCUT2D eigenvalue weighted by atomic mass is 9.96. The molecule has 0 aliphatic carbocycles. The lowest BCUT2D eigenvalue weighted by Gasteiger charge is -2.23. The Kier molecular flexibility index (Phi) is 7.09. The van der Waals surface area contributed by atoms with Crippen LogP contribution in [-0.4, -0.2) is 42.7 Å². The van der Waals surface area contributed by atoms with Gasteiger partial charge >= 0.3 is 0 Å². The minimum absolute atomic E-state index is 0.0141. The lowest BCUT2D eigenvalue weighted by Crippen LogP contribution is -2.20. The molecule has 0 radical (unpaired) electrons. The number of anilines is 2. The van der Waals surface area contributed by atoms with Crippen LogP contribution in [0.4, 0.5) is 11.4 Å². The molecule has 0 bridgehead atoms. The van der Waals surface area contributed by atoms with Crippen LogP contribution in [0.25, 0.3) is 21.5 Å². The minimum atomic E-state index is -0.213. The monoisotopic (exact) mass is 540 g/mol. The lowest BCUT2D eigenvalue weighted by molar-refractivity contribution is 0.453. The Bertz CT molecular complexity index is 1590. The van der Waals surface area contributed by atoms with Gasteiger partial charge in [0.1, 0.15) is 34.5 Å². The van der Waals surface area contributed by atoms with Gasteiger partial charge < -0.3 is 41.3 Å². The van der Waals surface area contributed by atoms with E-state index in [9.17, 15) is 30.6 Å². The third-order valence-electron chi connectivity index (χ3n) is 7.10. The summed E-state index contributed by atoms with van der Waals surface area (Å²) in [5.41, 5.74) is 2.32. The highest BCUT2D eigenvalue weighted by molar-refractivity contribution is 6.18. The highest BCUT2D eigenvalue weighted by Crippen LogP contribution is 2.48. The Hall–Kier alpha value is -4.98. The van der Waals surface area contributed by atoms with E-state index in [0.29, 0.717) is 56.9 Å². The summed E-state index contributed by atoms with van der Waals surface area (Å²) in [4.78, 5) is 0. The highest BCUT2D eigenvalue weighted by Gasteiger charge is 2.21. The zero-order valence-corrected chi connectivity index (χ0v) is 22.2. The molecule has 0 aromatic heterocycles. The number of hydrogen-bond acceptors (Lipinski definition) is 8. The molecule has 0 saturated heterocycles. The van der Waals surface area contributed by atoms with Crippen molar-refractivity contribution in [2.45, 2.75) is 38.8 Å². The fourth-order valence-corrected chi connectivity index (χ4v) is 5.26. The van der Waals surface area contributed by atoms with E-state index in [1.54, 1.807) is 24.3 Å². The van der Waals surface area contributed by atoms with Gasteiger partial charge in [-0.15, -0.1) is 0 Å². The molecule has 0 aliphatic heterocycles. The number of rotatable bonds is 8. The molecule has 5 rings (SSSR count). The SMILES string of the molecule is CC(Cc1cc(O)ccc1O)Nc1ccc(NC(C)Cc2cc(O)ccc2O)c2c(O)c3ccccc3c(O)c12. The molecule has 2 unspecified atom stereocenters. The number of aromatic hydroxyl groups is 6. The van der Waals surface area contributed by atoms with Gasteiger partial charge in [0.2, 0.25) is 0 Å². The molecule has 0 spiro atoms. The van der Waals surface area contributed by atoms with Crippen LogP contribution < -0.4 is 10.6 Å². The molecule has 8 heteroatoms. The van der Waals surface area contributed by atoms with Crippen molar-refractivity contribution < 1.29 is 30.6 Å². The van der Waals surface area contributed by atoms with Crippen LogP contribution in [0.2, 0.25) is 0 Å². The van der Waals surface area contributed by atoms with Crippen molar-refractivity contribution in [2.75, 3.05) is 10.6 Å². The molecule has 2 atom stereocenters. The first-order chi connectivity index (χ1) is 19.1. The fourth-order valence-electron chi connectivity index (χ4n) is 5.26. The molecule has 0 saturated carbocycles. The molecule has 0 amide bonds. The second-order valence-electron chi connectivity index (χ2n) is 10.3. The maximum Gasteiger partial charge on any atom is 0.133 e. The summed E-state index contributed by atoms with van der Waals surface area (Å²) in [7, 11) is 0. The first kappa shape index (κ1) is 26.6. The molecule has 0 heterocycles. The van der Waals surface area contributed by atoms with Gasteiger partial charge in [0, 0.05) is 34.2 Å². The average molecular weight is 541 g/mol. The summed E-state index contributed by atoms with van der Waals surface area (Å²) in [6, 6.07) is 19.0. The molecular formula is C32H32N2O6. The predicted octanol–water partition coefficient (Wildman–Crippen LogP) is 6.31. The van der Waals surface area contributed by atoms with Gasteiger partial charge in [-0.2, -0.15) is 0 Å². The normalized spacial score (nSPS) is 12.8. The van der Waals surface area contributed by atoms with E-state index in [4.69, 9.17) is 0 Å². The average Bonchev–Trinajstić information content (AvgIpc) is 2.92. The number of benzene rings is 5. The molecule has 8 N–H and O–H groups in total. The van der Waals surface area contributed by atoms with Gasteiger partial charge in [0.25, 0.3) is 0 Å². The van der Waals surface area contributed by atoms with Gasteiger partial charge in [-0.05, 0) is 86.3 Å². The molecule has 5 aromatic carbocycles. The predicted molar refractivity (Wildman–Crippen MR) is 158 cm³/mol. The molecule has 40 heavy (non-hydrogen) atoms. The van der Waals surface area contributed by atoms with Crippen molar-refractivity contribution in [3.05, 3.63) is 83.9 Å². The van der Waals surface area contributed by atoms with Crippen LogP contribution in [0.1, 0.15) is 25.0 Å². The van der Waals surface area contributed by atoms with Crippen molar-refractivity contribution in [2.24, 2.45) is 0 Å². The molecule has 0 fully saturated rings. The van der Waals surface area contributed by atoms with Gasteiger partial charge in [-0.25, -0.2) is 0 Å². The number of phenols is 6. The Labute approximate surface area is 231 Å². The summed E-state index contributed by atoms with van der Waals surface area (Å²) in [6.45, 7) is 3.84. The minimum Gasteiger partial charge on any atom is -0.508 e. The second-order valence-corrected chi connectivity index (χ2v) is 10.3. The number of hydrogen-bond donors (Lipinski definition) is 8. The zero-order valence-electron chi connectivity index (χ0n) is 22.2. The van der Waals surface area contributed by atoms with Crippen molar-refractivity contribution in [3.8, 4) is 34.5 Å². The topological polar surface area (TPSA) is 145 Å². The summed E-state index contributed by atoms with van der Waals surface area (Å²) in [5, 5.41) is 71.7. The van der Waals surface area contributed by atoms with Crippen molar-refractivity contribution in [1.29, 1.82) is 0 Å². The molecule has 206 valence electrons. The highest BCUT2D eigenvalue weighted by atomic mass is 16.3. The van der Waals surface area contributed by atoms with E-state index in [-0.39, 0.29) is 46.6 Å². The summed E-state index contributed by atoms with van der Waals surface area (Å²) in [5.74, 6) is 0.301. The van der Waals surface area contributed by atoms with Crippen LogP contribution in [-0.2, 0) is 12.8 Å². The Morgan fingerprint density at radius 2 is 0.950 bits per heavy atom. The number of phenolic OH excluding ortho intramolecular Hbond substituents is 6. The van der Waals surface area contributed by atoms with Gasteiger partial charge in [0.05, 0.1) is 10.8 Å². The van der Waals surface area contributed by atoms with Crippen LogP contribution in [0.3, 0.4) is 0 Å². The Morgan fingerprint density at radius 1 is 0.550 bits per heavy atom. The summed E-state index contributed by atoms with van der Waals surface area (Å²) >= 11 is 0. The molecule has 0 aliphatic rings. The van der Waals surface area contributed by atoms with Gasteiger partial charge in [-0.3, -0.25) is 0 Å².